The molecule has 4 rings (SSSR count). The Morgan fingerprint density at radius 1 is 1.17 bits per heavy atom. The molecule has 5 nitrogen and oxygen atoms in total. The van der Waals surface area contributed by atoms with E-state index in [0.29, 0.717) is 12.6 Å². The van der Waals surface area contributed by atoms with Crippen molar-refractivity contribution in [2.75, 3.05) is 51.3 Å². The predicted molar refractivity (Wildman–Crippen MR) is 119 cm³/mol. The number of likely N-dealkylation sites (tertiary alicyclic amines) is 1. The summed E-state index contributed by atoms with van der Waals surface area (Å²) >= 11 is 7.70. The van der Waals surface area contributed by atoms with Gasteiger partial charge in [-0.25, -0.2) is 0 Å². The number of methoxy groups -OCH3 is 1. The van der Waals surface area contributed by atoms with E-state index in [0.717, 1.165) is 60.5 Å². The van der Waals surface area contributed by atoms with E-state index in [1.54, 1.807) is 18.4 Å². The molecule has 0 radical (unpaired) electrons. The first kappa shape index (κ1) is 20.7. The van der Waals surface area contributed by atoms with Crippen LogP contribution < -0.4 is 4.90 Å². The minimum Gasteiger partial charge on any atom is -0.379 e. The maximum absolute atomic E-state index is 13.0. The van der Waals surface area contributed by atoms with Crippen molar-refractivity contribution in [2.45, 2.75) is 25.5 Å². The van der Waals surface area contributed by atoms with Crippen LogP contribution in [0.3, 0.4) is 0 Å². The zero-order valence-corrected chi connectivity index (χ0v) is 18.4. The van der Waals surface area contributed by atoms with Gasteiger partial charge in [-0.2, -0.15) is 0 Å². The number of hydrogen-bond acceptors (Lipinski definition) is 5. The van der Waals surface area contributed by atoms with Crippen LogP contribution in [-0.4, -0.2) is 68.1 Å². The van der Waals surface area contributed by atoms with Gasteiger partial charge in [0.2, 0.25) is 0 Å². The highest BCUT2D eigenvalue weighted by molar-refractivity contribution is 7.14. The molecule has 1 aromatic carbocycles. The van der Waals surface area contributed by atoms with Crippen LogP contribution in [-0.2, 0) is 11.3 Å². The number of amides is 1. The van der Waals surface area contributed by atoms with Gasteiger partial charge < -0.3 is 14.5 Å². The summed E-state index contributed by atoms with van der Waals surface area (Å²) in [6, 6.07) is 12.5. The van der Waals surface area contributed by atoms with Crippen LogP contribution in [0.5, 0.6) is 0 Å². The third-order valence-electron chi connectivity index (χ3n) is 5.85. The molecule has 1 aromatic heterocycles. The van der Waals surface area contributed by atoms with Gasteiger partial charge in [0.05, 0.1) is 11.5 Å². The predicted octanol–water partition coefficient (Wildman–Crippen LogP) is 3.97. The highest BCUT2D eigenvalue weighted by atomic mass is 35.5. The standard InChI is InChI=1S/C22H28ClN3O2S/c1-28-16-20-7-8-21(29-20)22(27)26-9-3-6-19(15-26)25-12-10-24(11-13-25)18-5-2-4-17(23)14-18/h2,4-5,7-8,14,19H,3,6,9-13,15-16H2,1H3/t19-/m0/s1. The SMILES string of the molecule is COCc1ccc(C(=O)N2CCC[C@H](N3CCN(c4cccc(Cl)c4)CC3)C2)s1. The van der Waals surface area contributed by atoms with Crippen molar-refractivity contribution in [3.05, 3.63) is 51.2 Å². The van der Waals surface area contributed by atoms with Crippen molar-refractivity contribution in [3.8, 4) is 0 Å². The molecular weight excluding hydrogens is 406 g/mol. The van der Waals surface area contributed by atoms with Gasteiger partial charge >= 0.3 is 0 Å². The topological polar surface area (TPSA) is 36.0 Å². The summed E-state index contributed by atoms with van der Waals surface area (Å²) in [5.41, 5.74) is 1.20. The van der Waals surface area contributed by atoms with E-state index in [2.05, 4.69) is 15.9 Å². The molecular formula is C22H28ClN3O2S. The van der Waals surface area contributed by atoms with Gasteiger partial charge in [0.15, 0.2) is 0 Å². The van der Waals surface area contributed by atoms with E-state index in [4.69, 9.17) is 16.3 Å². The fourth-order valence-corrected chi connectivity index (χ4v) is 5.46. The molecule has 2 aromatic rings. The van der Waals surface area contributed by atoms with Crippen LogP contribution in [0.4, 0.5) is 5.69 Å². The molecule has 0 spiro atoms. The maximum atomic E-state index is 13.0. The van der Waals surface area contributed by atoms with E-state index in [1.807, 2.05) is 35.2 Å². The van der Waals surface area contributed by atoms with Crippen LogP contribution in [0.25, 0.3) is 0 Å². The smallest absolute Gasteiger partial charge is 0.263 e. The molecule has 0 aliphatic carbocycles. The number of ether oxygens (including phenoxy) is 1. The molecule has 2 fully saturated rings. The fraction of sp³-hybridized carbons (Fsp3) is 0.500. The molecule has 2 saturated heterocycles. The largest absolute Gasteiger partial charge is 0.379 e. The number of piperazine rings is 1. The zero-order chi connectivity index (χ0) is 20.2. The molecule has 0 bridgehead atoms. The second-order valence-corrected chi connectivity index (χ2v) is 9.35. The number of hydrogen-bond donors (Lipinski definition) is 0. The molecule has 7 heteroatoms. The molecule has 0 unspecified atom stereocenters. The number of carbonyl (C=O) groups excluding carboxylic acids is 1. The first-order chi connectivity index (χ1) is 14.1. The number of benzene rings is 1. The fourth-order valence-electron chi connectivity index (χ4n) is 4.32. The van der Waals surface area contributed by atoms with Crippen molar-refractivity contribution >= 4 is 34.5 Å². The lowest BCUT2D eigenvalue weighted by molar-refractivity contribution is 0.0568. The summed E-state index contributed by atoms with van der Waals surface area (Å²) in [5, 5.41) is 0.786. The Hall–Kier alpha value is -1.60. The van der Waals surface area contributed by atoms with Gasteiger partial charge in [-0.1, -0.05) is 17.7 Å². The first-order valence-electron chi connectivity index (χ1n) is 10.3. The molecule has 1 amide bonds. The molecule has 1 atom stereocenters. The Bertz CT molecular complexity index is 835. The highest BCUT2D eigenvalue weighted by Gasteiger charge is 2.30. The third kappa shape index (κ3) is 4.94. The molecule has 0 N–H and O–H groups in total. The molecule has 3 heterocycles. The van der Waals surface area contributed by atoms with Gasteiger partial charge in [-0.05, 0) is 43.2 Å². The van der Waals surface area contributed by atoms with E-state index >= 15 is 0 Å². The molecule has 2 aliphatic heterocycles. The average Bonchev–Trinajstić information content (AvgIpc) is 3.22. The Labute approximate surface area is 181 Å². The quantitative estimate of drug-likeness (QED) is 0.714. The second-order valence-electron chi connectivity index (χ2n) is 7.75. The number of anilines is 1. The summed E-state index contributed by atoms with van der Waals surface area (Å²) in [6.45, 7) is 6.29. The van der Waals surface area contributed by atoms with Crippen LogP contribution >= 0.6 is 22.9 Å². The minimum absolute atomic E-state index is 0.166. The van der Waals surface area contributed by atoms with Crippen molar-refractivity contribution in [1.82, 2.24) is 9.80 Å². The van der Waals surface area contributed by atoms with Crippen LogP contribution in [0.15, 0.2) is 36.4 Å². The van der Waals surface area contributed by atoms with E-state index in [1.165, 1.54) is 12.1 Å². The maximum Gasteiger partial charge on any atom is 0.263 e. The number of halogens is 1. The molecule has 156 valence electrons. The lowest BCUT2D eigenvalue weighted by Crippen LogP contribution is -2.55. The van der Waals surface area contributed by atoms with Crippen molar-refractivity contribution in [3.63, 3.8) is 0 Å². The molecule has 2 aliphatic rings. The summed E-state index contributed by atoms with van der Waals surface area (Å²) in [4.78, 5) is 21.9. The van der Waals surface area contributed by atoms with E-state index in [9.17, 15) is 4.79 Å². The number of nitrogens with zero attached hydrogens (tertiary/aromatic N) is 3. The normalized spacial score (nSPS) is 20.8. The zero-order valence-electron chi connectivity index (χ0n) is 16.8. The Kier molecular flexibility index (Phi) is 6.75. The number of piperidine rings is 1. The average molecular weight is 434 g/mol. The van der Waals surface area contributed by atoms with Crippen LogP contribution in [0.1, 0.15) is 27.4 Å². The summed E-state index contributed by atoms with van der Waals surface area (Å²) in [6.07, 6.45) is 2.24. The van der Waals surface area contributed by atoms with Crippen LogP contribution in [0, 0.1) is 0 Å². The Balaban J connectivity index is 1.33. The van der Waals surface area contributed by atoms with Crippen LogP contribution in [0.2, 0.25) is 5.02 Å². The number of thiophene rings is 1. The summed E-state index contributed by atoms with van der Waals surface area (Å²) < 4.78 is 5.18. The number of rotatable bonds is 5. The van der Waals surface area contributed by atoms with Crippen molar-refractivity contribution < 1.29 is 9.53 Å². The number of carbonyl (C=O) groups is 1. The molecule has 29 heavy (non-hydrogen) atoms. The molecule has 0 saturated carbocycles. The van der Waals surface area contributed by atoms with E-state index in [-0.39, 0.29) is 5.91 Å². The van der Waals surface area contributed by atoms with Gasteiger partial charge in [0, 0.05) is 68.0 Å². The summed E-state index contributed by atoms with van der Waals surface area (Å²) in [5.74, 6) is 0.166. The third-order valence-corrected chi connectivity index (χ3v) is 7.13. The van der Waals surface area contributed by atoms with Crippen molar-refractivity contribution in [1.29, 1.82) is 0 Å². The van der Waals surface area contributed by atoms with Gasteiger partial charge in [0.1, 0.15) is 0 Å². The van der Waals surface area contributed by atoms with Gasteiger partial charge in [-0.15, -0.1) is 11.3 Å². The first-order valence-corrected chi connectivity index (χ1v) is 11.4. The second kappa shape index (κ2) is 9.47. The van der Waals surface area contributed by atoms with Gasteiger partial charge in [0.25, 0.3) is 5.91 Å². The van der Waals surface area contributed by atoms with E-state index < -0.39 is 0 Å². The Morgan fingerprint density at radius 2 is 2.00 bits per heavy atom. The Morgan fingerprint density at radius 3 is 2.76 bits per heavy atom. The highest BCUT2D eigenvalue weighted by Crippen LogP contribution is 2.25. The van der Waals surface area contributed by atoms with Crippen molar-refractivity contribution in [2.24, 2.45) is 0 Å². The minimum atomic E-state index is 0.166. The van der Waals surface area contributed by atoms with Gasteiger partial charge in [-0.3, -0.25) is 9.69 Å². The lowest BCUT2D eigenvalue weighted by atomic mass is 10.0. The lowest BCUT2D eigenvalue weighted by Gasteiger charge is -2.43. The summed E-state index contributed by atoms with van der Waals surface area (Å²) in [7, 11) is 1.68. The monoisotopic (exact) mass is 433 g/mol.